The highest BCUT2D eigenvalue weighted by Crippen LogP contribution is 2.36. The van der Waals surface area contributed by atoms with E-state index in [-0.39, 0.29) is 24.1 Å². The number of carbonyl (C=O) groups excluding carboxylic acids is 3. The fourth-order valence-corrected chi connectivity index (χ4v) is 6.76. The van der Waals surface area contributed by atoms with E-state index in [1.165, 1.54) is 11.8 Å². The maximum Gasteiger partial charge on any atom is 0.259 e. The van der Waals surface area contributed by atoms with Gasteiger partial charge in [-0.1, -0.05) is 61.2 Å². The topological polar surface area (TPSA) is 97.7 Å². The van der Waals surface area contributed by atoms with E-state index in [2.05, 4.69) is 22.3 Å². The van der Waals surface area contributed by atoms with Crippen molar-refractivity contribution in [3.63, 3.8) is 0 Å². The molecule has 3 heterocycles. The van der Waals surface area contributed by atoms with Crippen LogP contribution in [0.25, 0.3) is 0 Å². The van der Waals surface area contributed by atoms with Gasteiger partial charge in [0.2, 0.25) is 11.8 Å². The minimum absolute atomic E-state index is 0.0399. The van der Waals surface area contributed by atoms with Gasteiger partial charge >= 0.3 is 0 Å². The maximum atomic E-state index is 13.8. The highest BCUT2D eigenvalue weighted by molar-refractivity contribution is 8.15. The van der Waals surface area contributed by atoms with Crippen LogP contribution in [0.3, 0.4) is 0 Å². The van der Waals surface area contributed by atoms with Crippen LogP contribution in [0.5, 0.6) is 0 Å². The van der Waals surface area contributed by atoms with Crippen LogP contribution >= 0.6 is 11.8 Å². The number of para-hydroxylation sites is 2. The number of aliphatic imine (C=N–C) groups is 2. The van der Waals surface area contributed by atoms with Crippen molar-refractivity contribution in [2.24, 2.45) is 9.98 Å². The summed E-state index contributed by atoms with van der Waals surface area (Å²) in [6.45, 7) is 6.77. The predicted octanol–water partition coefficient (Wildman–Crippen LogP) is 5.23. The van der Waals surface area contributed by atoms with Gasteiger partial charge in [-0.2, -0.15) is 0 Å². The number of thioether (sulfide) groups is 1. The summed E-state index contributed by atoms with van der Waals surface area (Å²) in [6.07, 6.45) is 1.11. The number of nitrogens with one attached hydrogen (secondary N) is 1. The summed E-state index contributed by atoms with van der Waals surface area (Å²) in [7, 11) is 0. The van der Waals surface area contributed by atoms with E-state index in [0.29, 0.717) is 42.6 Å². The van der Waals surface area contributed by atoms with E-state index in [1.54, 1.807) is 4.90 Å². The molecule has 3 aromatic carbocycles. The molecule has 0 bridgehead atoms. The predicted molar refractivity (Wildman–Crippen MR) is 177 cm³/mol. The Morgan fingerprint density at radius 2 is 1.73 bits per heavy atom. The Hall–Kier alpha value is -4.44. The largest absolute Gasteiger partial charge is 0.368 e. The number of nitrogens with zero attached hydrogens (tertiary/aromatic N) is 5. The highest BCUT2D eigenvalue weighted by atomic mass is 32.2. The molecule has 0 aromatic heterocycles. The normalized spacial score (nSPS) is 18.3. The maximum absolute atomic E-state index is 13.8. The van der Waals surface area contributed by atoms with Crippen LogP contribution in [0.1, 0.15) is 37.3 Å². The summed E-state index contributed by atoms with van der Waals surface area (Å²) in [5, 5.41) is 2.97. The van der Waals surface area contributed by atoms with E-state index >= 15 is 0 Å². The molecule has 3 aliphatic rings. The van der Waals surface area contributed by atoms with Crippen LogP contribution in [-0.2, 0) is 14.4 Å². The number of piperazine rings is 1. The monoisotopic (exact) mass is 608 g/mol. The molecule has 1 saturated heterocycles. The average Bonchev–Trinajstić information content (AvgIpc) is 3.39. The first-order chi connectivity index (χ1) is 21.4. The van der Waals surface area contributed by atoms with Gasteiger partial charge < -0.3 is 15.1 Å². The SMILES string of the molecule is CC[C@@H](SC1=Nc2ccccc2C2=N[C@@H](CCC(=O)N3CCN(c4ccccc4)CC3)C(=O)N12)C(=O)Nc1cccc(C)c1. The van der Waals surface area contributed by atoms with Gasteiger partial charge in [-0.25, -0.2) is 9.89 Å². The van der Waals surface area contributed by atoms with Gasteiger partial charge in [0.15, 0.2) is 5.17 Å². The van der Waals surface area contributed by atoms with E-state index in [9.17, 15) is 14.4 Å². The molecule has 6 rings (SSSR count). The number of benzene rings is 3. The Morgan fingerprint density at radius 3 is 2.48 bits per heavy atom. The van der Waals surface area contributed by atoms with Gasteiger partial charge in [0, 0.05) is 49.5 Å². The molecular weight excluding hydrogens is 572 g/mol. The van der Waals surface area contributed by atoms with Crippen molar-refractivity contribution in [3.05, 3.63) is 90.0 Å². The Bertz CT molecular complexity index is 1620. The molecule has 3 aliphatic heterocycles. The van der Waals surface area contributed by atoms with Gasteiger partial charge in [0.1, 0.15) is 11.9 Å². The summed E-state index contributed by atoms with van der Waals surface area (Å²) in [5.74, 6) is 0.213. The number of fused-ring (bicyclic) bond motifs is 3. The summed E-state index contributed by atoms with van der Waals surface area (Å²) >= 11 is 1.27. The Morgan fingerprint density at radius 1 is 0.977 bits per heavy atom. The van der Waals surface area contributed by atoms with Crippen molar-refractivity contribution < 1.29 is 14.4 Å². The Balaban J connectivity index is 1.12. The van der Waals surface area contributed by atoms with E-state index in [4.69, 9.17) is 9.98 Å². The second-order valence-corrected chi connectivity index (χ2v) is 12.3. The standard InChI is InChI=1S/C34H36N6O3S/c1-3-29(32(42)35-24-11-9-10-23(2)22-24)44-34-37-27-15-8-7-14-26(27)31-36-28(33(43)40(31)34)16-17-30(41)39-20-18-38(19-21-39)25-12-5-4-6-13-25/h4-15,22,28-29H,3,16-21H2,1-2H3,(H,35,42)/t28-,29+/m0/s1. The van der Waals surface area contributed by atoms with Crippen LogP contribution in [0.4, 0.5) is 17.1 Å². The van der Waals surface area contributed by atoms with Gasteiger partial charge in [-0.15, -0.1) is 0 Å². The third-order valence-electron chi connectivity index (χ3n) is 8.13. The number of hydrogen-bond donors (Lipinski definition) is 1. The molecule has 0 unspecified atom stereocenters. The van der Waals surface area contributed by atoms with Crippen molar-refractivity contribution in [2.45, 2.75) is 44.4 Å². The molecule has 2 atom stereocenters. The number of aryl methyl sites for hydroxylation is 1. The smallest absolute Gasteiger partial charge is 0.259 e. The number of amidine groups is 2. The number of carbonyl (C=O) groups is 3. The van der Waals surface area contributed by atoms with Gasteiger partial charge in [-0.05, 0) is 61.7 Å². The second kappa shape index (κ2) is 13.1. The van der Waals surface area contributed by atoms with Crippen LogP contribution in [0, 0.1) is 6.92 Å². The summed E-state index contributed by atoms with van der Waals surface area (Å²) in [4.78, 5) is 55.6. The lowest BCUT2D eigenvalue weighted by molar-refractivity contribution is -0.132. The van der Waals surface area contributed by atoms with Crippen molar-refractivity contribution in [2.75, 3.05) is 36.4 Å². The molecule has 3 amide bonds. The van der Waals surface area contributed by atoms with Crippen molar-refractivity contribution in [3.8, 4) is 0 Å². The number of hydrogen-bond acceptors (Lipinski definition) is 7. The molecule has 0 aliphatic carbocycles. The third-order valence-corrected chi connectivity index (χ3v) is 9.45. The van der Waals surface area contributed by atoms with Crippen molar-refractivity contribution in [1.29, 1.82) is 0 Å². The molecule has 226 valence electrons. The van der Waals surface area contributed by atoms with E-state index in [1.807, 2.05) is 85.5 Å². The summed E-state index contributed by atoms with van der Waals surface area (Å²) < 4.78 is 0. The number of rotatable bonds is 8. The third kappa shape index (κ3) is 6.26. The van der Waals surface area contributed by atoms with Crippen molar-refractivity contribution in [1.82, 2.24) is 9.80 Å². The van der Waals surface area contributed by atoms with Crippen LogP contribution in [-0.4, -0.2) is 76.0 Å². The number of anilines is 2. The zero-order chi connectivity index (χ0) is 30.6. The molecule has 1 fully saturated rings. The van der Waals surface area contributed by atoms with E-state index in [0.717, 1.165) is 35.6 Å². The van der Waals surface area contributed by atoms with Crippen LogP contribution < -0.4 is 10.2 Å². The lowest BCUT2D eigenvalue weighted by Crippen LogP contribution is -2.49. The molecule has 0 radical (unpaired) electrons. The Labute approximate surface area is 262 Å². The van der Waals surface area contributed by atoms with Gasteiger partial charge in [0.05, 0.1) is 10.9 Å². The molecule has 0 saturated carbocycles. The molecule has 1 N–H and O–H groups in total. The first-order valence-corrected chi connectivity index (χ1v) is 16.0. The first kappa shape index (κ1) is 29.6. The fraction of sp³-hybridized carbons (Fsp3) is 0.324. The lowest BCUT2D eigenvalue weighted by atomic mass is 10.1. The molecule has 9 nitrogen and oxygen atoms in total. The van der Waals surface area contributed by atoms with Gasteiger partial charge in [-0.3, -0.25) is 19.4 Å². The van der Waals surface area contributed by atoms with Crippen LogP contribution in [0.15, 0.2) is 88.8 Å². The highest BCUT2D eigenvalue weighted by Gasteiger charge is 2.42. The van der Waals surface area contributed by atoms with E-state index < -0.39 is 11.3 Å². The quantitative estimate of drug-likeness (QED) is 0.378. The number of amides is 3. The summed E-state index contributed by atoms with van der Waals surface area (Å²) in [5.41, 5.74) is 4.43. The molecule has 10 heteroatoms. The fourth-order valence-electron chi connectivity index (χ4n) is 5.74. The zero-order valence-corrected chi connectivity index (χ0v) is 25.8. The Kier molecular flexibility index (Phi) is 8.79. The zero-order valence-electron chi connectivity index (χ0n) is 25.0. The summed E-state index contributed by atoms with van der Waals surface area (Å²) in [6, 6.07) is 24.8. The first-order valence-electron chi connectivity index (χ1n) is 15.1. The minimum atomic E-state index is -0.683. The molecule has 3 aromatic rings. The molecular formula is C34H36N6O3S. The van der Waals surface area contributed by atoms with Gasteiger partial charge in [0.25, 0.3) is 5.91 Å². The van der Waals surface area contributed by atoms with Crippen LogP contribution in [0.2, 0.25) is 0 Å². The second-order valence-electron chi connectivity index (χ2n) is 11.2. The molecule has 0 spiro atoms. The lowest BCUT2D eigenvalue weighted by Gasteiger charge is -2.36. The molecule has 44 heavy (non-hydrogen) atoms. The minimum Gasteiger partial charge on any atom is -0.368 e. The average molecular weight is 609 g/mol. The van der Waals surface area contributed by atoms with Crippen molar-refractivity contribution >= 4 is 57.5 Å².